The number of para-hydroxylation sites is 1. The summed E-state index contributed by atoms with van der Waals surface area (Å²) in [5, 5.41) is 5.60. The van der Waals surface area contributed by atoms with Crippen molar-refractivity contribution in [2.75, 3.05) is 48.9 Å². The van der Waals surface area contributed by atoms with E-state index in [1.807, 2.05) is 6.07 Å². The van der Waals surface area contributed by atoms with E-state index in [2.05, 4.69) is 15.5 Å². The summed E-state index contributed by atoms with van der Waals surface area (Å²) in [5.74, 6) is -0.546. The van der Waals surface area contributed by atoms with Crippen LogP contribution in [0.4, 0.5) is 21.9 Å². The summed E-state index contributed by atoms with van der Waals surface area (Å²) in [6, 6.07) is 9.78. The average Bonchev–Trinajstić information content (AvgIpc) is 3.02. The summed E-state index contributed by atoms with van der Waals surface area (Å²) in [6.45, 7) is 2.47. The van der Waals surface area contributed by atoms with Crippen molar-refractivity contribution in [1.82, 2.24) is 9.13 Å². The molecule has 2 aromatic carbocycles. The van der Waals surface area contributed by atoms with Crippen LogP contribution in [0.5, 0.6) is 0 Å². The zero-order chi connectivity index (χ0) is 22.8. The molecule has 0 spiro atoms. The monoisotopic (exact) mass is 439 g/mol. The smallest absolute Gasteiger partial charge is 0.339 e. The fraction of sp³-hybridized carbons (Fsp3) is 0.318. The Bertz CT molecular complexity index is 1240. The van der Waals surface area contributed by atoms with E-state index in [4.69, 9.17) is 9.47 Å². The number of carbonyl (C=O) groups excluding carboxylic acids is 2. The van der Waals surface area contributed by atoms with E-state index in [-0.39, 0.29) is 11.3 Å². The maximum absolute atomic E-state index is 12.9. The molecule has 0 radical (unpaired) electrons. The Labute approximate surface area is 184 Å². The minimum atomic E-state index is -0.546. The first kappa shape index (κ1) is 21.4. The number of aryl methyl sites for hydroxylation is 2. The van der Waals surface area contributed by atoms with E-state index in [0.29, 0.717) is 43.2 Å². The first-order valence-electron chi connectivity index (χ1n) is 10.2. The summed E-state index contributed by atoms with van der Waals surface area (Å²) < 4.78 is 13.4. The summed E-state index contributed by atoms with van der Waals surface area (Å²) in [4.78, 5) is 39.4. The Kier molecular flexibility index (Phi) is 5.87. The molecule has 1 saturated heterocycles. The molecule has 3 aromatic rings. The third kappa shape index (κ3) is 3.92. The van der Waals surface area contributed by atoms with Crippen molar-refractivity contribution in [3.63, 3.8) is 0 Å². The number of ether oxygens (including phenoxy) is 2. The van der Waals surface area contributed by atoms with Gasteiger partial charge in [-0.2, -0.15) is 0 Å². The van der Waals surface area contributed by atoms with Gasteiger partial charge < -0.3 is 25.0 Å². The lowest BCUT2D eigenvalue weighted by atomic mass is 10.2. The number of morpholine rings is 1. The van der Waals surface area contributed by atoms with Gasteiger partial charge in [0.2, 0.25) is 0 Å². The number of carbonyl (C=O) groups is 2. The lowest BCUT2D eigenvalue weighted by Crippen LogP contribution is -2.37. The van der Waals surface area contributed by atoms with Crippen LogP contribution in [-0.4, -0.2) is 54.5 Å². The molecule has 1 fully saturated rings. The van der Waals surface area contributed by atoms with Gasteiger partial charge in [-0.3, -0.25) is 9.13 Å². The fourth-order valence-corrected chi connectivity index (χ4v) is 3.86. The van der Waals surface area contributed by atoms with Gasteiger partial charge >= 0.3 is 17.7 Å². The van der Waals surface area contributed by atoms with Gasteiger partial charge in [0.05, 0.1) is 54.0 Å². The third-order valence-electron chi connectivity index (χ3n) is 5.57. The third-order valence-corrected chi connectivity index (χ3v) is 5.57. The first-order chi connectivity index (χ1) is 15.4. The first-order valence-corrected chi connectivity index (χ1v) is 10.2. The van der Waals surface area contributed by atoms with E-state index < -0.39 is 12.0 Å². The molecule has 0 saturated carbocycles. The summed E-state index contributed by atoms with van der Waals surface area (Å²) in [5.41, 5.74) is 3.23. The minimum absolute atomic E-state index is 0.151. The van der Waals surface area contributed by atoms with Crippen LogP contribution in [0.2, 0.25) is 0 Å². The molecule has 0 aliphatic carbocycles. The number of hydrogen-bond acceptors (Lipinski definition) is 6. The Balaban J connectivity index is 1.70. The van der Waals surface area contributed by atoms with Crippen LogP contribution in [0.15, 0.2) is 41.2 Å². The molecule has 2 amide bonds. The molecule has 10 nitrogen and oxygen atoms in total. The fourth-order valence-electron chi connectivity index (χ4n) is 3.86. The summed E-state index contributed by atoms with van der Waals surface area (Å²) in [6.07, 6.45) is 0. The van der Waals surface area contributed by atoms with Gasteiger partial charge in [-0.05, 0) is 24.3 Å². The number of amides is 2. The predicted molar refractivity (Wildman–Crippen MR) is 122 cm³/mol. The molecule has 1 aliphatic rings. The highest BCUT2D eigenvalue weighted by Gasteiger charge is 2.21. The highest BCUT2D eigenvalue weighted by atomic mass is 16.5. The van der Waals surface area contributed by atoms with Crippen molar-refractivity contribution < 1.29 is 19.1 Å². The molecule has 168 valence electrons. The number of anilines is 3. The van der Waals surface area contributed by atoms with Crippen molar-refractivity contribution >= 4 is 40.1 Å². The summed E-state index contributed by atoms with van der Waals surface area (Å²) >= 11 is 0. The van der Waals surface area contributed by atoms with E-state index in [0.717, 1.165) is 11.2 Å². The summed E-state index contributed by atoms with van der Waals surface area (Å²) in [7, 11) is 4.69. The quantitative estimate of drug-likeness (QED) is 0.604. The largest absolute Gasteiger partial charge is 0.465 e. The van der Waals surface area contributed by atoms with Crippen molar-refractivity contribution in [3.05, 3.63) is 52.4 Å². The molecule has 0 unspecified atom stereocenters. The van der Waals surface area contributed by atoms with Crippen LogP contribution in [-0.2, 0) is 23.6 Å². The van der Waals surface area contributed by atoms with Crippen LogP contribution in [0, 0.1) is 0 Å². The van der Waals surface area contributed by atoms with Crippen molar-refractivity contribution in [1.29, 1.82) is 0 Å². The number of imidazole rings is 1. The van der Waals surface area contributed by atoms with Crippen molar-refractivity contribution in [2.24, 2.45) is 14.1 Å². The number of methoxy groups -OCH3 is 1. The van der Waals surface area contributed by atoms with E-state index in [1.165, 1.54) is 11.7 Å². The number of hydrogen-bond donors (Lipinski definition) is 2. The zero-order valence-corrected chi connectivity index (χ0v) is 18.2. The molecule has 0 atom stereocenters. The van der Waals surface area contributed by atoms with Gasteiger partial charge in [0.15, 0.2) is 0 Å². The van der Waals surface area contributed by atoms with Crippen LogP contribution < -0.4 is 21.2 Å². The molecule has 2 N–H and O–H groups in total. The minimum Gasteiger partial charge on any atom is -0.465 e. The molecular formula is C22H25N5O5. The average molecular weight is 439 g/mol. The van der Waals surface area contributed by atoms with Crippen molar-refractivity contribution in [2.45, 2.75) is 0 Å². The Morgan fingerprint density at radius 3 is 2.28 bits per heavy atom. The molecule has 1 aliphatic heterocycles. The van der Waals surface area contributed by atoms with Gasteiger partial charge in [-0.25, -0.2) is 14.4 Å². The standard InChI is InChI=1S/C22H25N5O5/c1-25-18-12-16(24-21(29)23-15-7-5-4-6-14(15)20(28)31-3)17(27-8-10-32-11-9-27)13-19(18)26(2)22(25)30/h4-7,12-13H,8-11H2,1-3H3,(H2,23,24,29). The number of aromatic nitrogens is 2. The number of urea groups is 1. The highest BCUT2D eigenvalue weighted by molar-refractivity contribution is 6.07. The van der Waals surface area contributed by atoms with E-state index >= 15 is 0 Å². The van der Waals surface area contributed by atoms with Crippen LogP contribution in [0.25, 0.3) is 11.0 Å². The number of benzene rings is 2. The Morgan fingerprint density at radius 1 is 0.969 bits per heavy atom. The number of nitrogens with one attached hydrogen (secondary N) is 2. The molecule has 10 heteroatoms. The molecule has 2 heterocycles. The molecule has 1 aromatic heterocycles. The molecule has 4 rings (SSSR count). The van der Waals surface area contributed by atoms with E-state index in [9.17, 15) is 14.4 Å². The number of fused-ring (bicyclic) bond motifs is 1. The second kappa shape index (κ2) is 8.75. The molecular weight excluding hydrogens is 414 g/mol. The van der Waals surface area contributed by atoms with Gasteiger partial charge in [-0.1, -0.05) is 12.1 Å². The van der Waals surface area contributed by atoms with Crippen molar-refractivity contribution in [3.8, 4) is 0 Å². The van der Waals surface area contributed by atoms with E-state index in [1.54, 1.807) is 49.0 Å². The highest BCUT2D eigenvalue weighted by Crippen LogP contribution is 2.32. The Hall–Kier alpha value is -3.79. The van der Waals surface area contributed by atoms with Gasteiger partial charge in [0.25, 0.3) is 0 Å². The Morgan fingerprint density at radius 2 is 1.59 bits per heavy atom. The topological polar surface area (TPSA) is 107 Å². The van der Waals surface area contributed by atoms with Crippen LogP contribution in [0.1, 0.15) is 10.4 Å². The predicted octanol–water partition coefficient (Wildman–Crippen LogP) is 2.14. The van der Waals surface area contributed by atoms with Gasteiger partial charge in [0.1, 0.15) is 0 Å². The van der Waals surface area contributed by atoms with Gasteiger partial charge in [0, 0.05) is 27.2 Å². The molecule has 0 bridgehead atoms. The second-order valence-electron chi connectivity index (χ2n) is 7.47. The SMILES string of the molecule is COC(=O)c1ccccc1NC(=O)Nc1cc2c(cc1N1CCOCC1)n(C)c(=O)n2C. The lowest BCUT2D eigenvalue weighted by molar-refractivity contribution is 0.0602. The lowest BCUT2D eigenvalue weighted by Gasteiger charge is -2.30. The maximum Gasteiger partial charge on any atom is 0.339 e. The van der Waals surface area contributed by atoms with Crippen LogP contribution in [0.3, 0.4) is 0 Å². The normalized spacial score (nSPS) is 13.8. The number of esters is 1. The van der Waals surface area contributed by atoms with Crippen LogP contribution >= 0.6 is 0 Å². The maximum atomic E-state index is 12.9. The molecule has 32 heavy (non-hydrogen) atoms. The number of nitrogens with zero attached hydrogens (tertiary/aromatic N) is 3. The number of rotatable bonds is 4. The van der Waals surface area contributed by atoms with Gasteiger partial charge in [-0.15, -0.1) is 0 Å². The second-order valence-corrected chi connectivity index (χ2v) is 7.47. The zero-order valence-electron chi connectivity index (χ0n) is 18.2.